The Balaban J connectivity index is 1.73. The lowest BCUT2D eigenvalue weighted by Gasteiger charge is -2.47. The van der Waals surface area contributed by atoms with Crippen LogP contribution < -0.4 is 10.4 Å². The smallest absolute Gasteiger partial charge is 0.338 e. The van der Waals surface area contributed by atoms with Gasteiger partial charge in [0.15, 0.2) is 0 Å². The Morgan fingerprint density at radius 2 is 1.30 bits per heavy atom. The molecule has 232 valence electrons. The van der Waals surface area contributed by atoms with Crippen molar-refractivity contribution in [3.05, 3.63) is 96.6 Å². The third kappa shape index (κ3) is 7.61. The van der Waals surface area contributed by atoms with Crippen LogP contribution in [0.5, 0.6) is 0 Å². The first-order chi connectivity index (χ1) is 20.7. The molecule has 0 aromatic heterocycles. The number of benzene rings is 3. The van der Waals surface area contributed by atoms with E-state index < -0.39 is 44.6 Å². The molecule has 9 heteroatoms. The number of aliphatic hydroxyl groups excluding tert-OH is 1. The largest absolute Gasteiger partial charge is 0.456 e. The van der Waals surface area contributed by atoms with Crippen molar-refractivity contribution < 1.29 is 38.0 Å². The molecular formula is C34H44O8Si. The van der Waals surface area contributed by atoms with Gasteiger partial charge in [-0.1, -0.05) is 99.6 Å². The van der Waals surface area contributed by atoms with E-state index in [-0.39, 0.29) is 25.2 Å². The van der Waals surface area contributed by atoms with Crippen LogP contribution in [-0.2, 0) is 28.1 Å². The van der Waals surface area contributed by atoms with Crippen LogP contribution in [0, 0.1) is 5.92 Å². The van der Waals surface area contributed by atoms with Crippen molar-refractivity contribution in [2.75, 3.05) is 34.4 Å². The van der Waals surface area contributed by atoms with Gasteiger partial charge in [0.2, 0.25) is 0 Å². The van der Waals surface area contributed by atoms with Gasteiger partial charge in [0.25, 0.3) is 8.32 Å². The Kier molecular flexibility index (Phi) is 11.7. The lowest BCUT2D eigenvalue weighted by molar-refractivity contribution is -0.231. The minimum Gasteiger partial charge on any atom is -0.456 e. The third-order valence-electron chi connectivity index (χ3n) is 8.00. The van der Waals surface area contributed by atoms with Gasteiger partial charge in [-0.15, -0.1) is 0 Å². The maximum Gasteiger partial charge on any atom is 0.338 e. The van der Waals surface area contributed by atoms with Crippen molar-refractivity contribution in [1.82, 2.24) is 0 Å². The molecule has 5 atom stereocenters. The minimum absolute atomic E-state index is 0.0149. The second-order valence-electron chi connectivity index (χ2n) is 11.8. The fraction of sp³-hybridized carbons (Fsp3) is 0.441. The highest BCUT2D eigenvalue weighted by Crippen LogP contribution is 2.39. The van der Waals surface area contributed by atoms with Gasteiger partial charge in [-0.2, -0.15) is 0 Å². The van der Waals surface area contributed by atoms with Crippen molar-refractivity contribution in [3.63, 3.8) is 0 Å². The van der Waals surface area contributed by atoms with Gasteiger partial charge in [0.05, 0.1) is 11.7 Å². The van der Waals surface area contributed by atoms with Gasteiger partial charge < -0.3 is 33.2 Å². The van der Waals surface area contributed by atoms with Gasteiger partial charge in [0.1, 0.15) is 31.9 Å². The van der Waals surface area contributed by atoms with Crippen LogP contribution in [-0.4, -0.2) is 78.2 Å². The maximum atomic E-state index is 13.3. The number of hydrogen-bond acceptors (Lipinski definition) is 8. The summed E-state index contributed by atoms with van der Waals surface area (Å²) in [6, 6.07) is 29.4. The third-order valence-corrected chi connectivity index (χ3v) is 13.0. The predicted molar refractivity (Wildman–Crippen MR) is 167 cm³/mol. The van der Waals surface area contributed by atoms with Crippen LogP contribution >= 0.6 is 0 Å². The van der Waals surface area contributed by atoms with Crippen molar-refractivity contribution in [2.24, 2.45) is 5.92 Å². The molecule has 1 fully saturated rings. The summed E-state index contributed by atoms with van der Waals surface area (Å²) in [7, 11) is 0.135. The van der Waals surface area contributed by atoms with Gasteiger partial charge >= 0.3 is 5.97 Å². The van der Waals surface area contributed by atoms with E-state index in [2.05, 4.69) is 45.0 Å². The van der Waals surface area contributed by atoms with E-state index in [0.29, 0.717) is 12.0 Å². The van der Waals surface area contributed by atoms with Crippen molar-refractivity contribution >= 4 is 24.7 Å². The molecule has 3 aromatic rings. The Hall–Kier alpha value is -2.89. The molecule has 1 aliphatic carbocycles. The van der Waals surface area contributed by atoms with Gasteiger partial charge in [0, 0.05) is 26.7 Å². The maximum absolute atomic E-state index is 13.3. The van der Waals surface area contributed by atoms with Gasteiger partial charge in [-0.05, 0) is 34.0 Å². The summed E-state index contributed by atoms with van der Waals surface area (Å²) in [5.41, 5.74) is 0.397. The number of ether oxygens (including phenoxy) is 5. The molecule has 43 heavy (non-hydrogen) atoms. The number of methoxy groups -OCH3 is 2. The second-order valence-corrected chi connectivity index (χ2v) is 16.2. The Labute approximate surface area is 256 Å². The van der Waals surface area contributed by atoms with Crippen LogP contribution in [0.25, 0.3) is 0 Å². The molecule has 0 saturated heterocycles. The summed E-state index contributed by atoms with van der Waals surface area (Å²) >= 11 is 0. The number of carbonyl (C=O) groups is 1. The number of esters is 1. The number of aliphatic hydroxyl groups is 1. The molecule has 0 aliphatic heterocycles. The molecule has 8 nitrogen and oxygen atoms in total. The standard InChI is InChI=1S/C34H44O8Si/c1-34(2,3)43(27-17-11-7-12-18-27,28-19-13-8-14-20-28)41-22-26-21-29(39-23-37-4)32(40-24-38-5)30(35)31(26)42-33(36)25-15-9-6-10-16-25/h6-20,26,29-32,35H,21-24H2,1-5H3/t26-,29-,30-,31+,32-/m1/s1. The van der Waals surface area contributed by atoms with E-state index in [1.54, 1.807) is 24.3 Å². The lowest BCUT2D eigenvalue weighted by Crippen LogP contribution is -2.67. The van der Waals surface area contributed by atoms with Crippen LogP contribution in [0.15, 0.2) is 91.0 Å². The average molecular weight is 609 g/mol. The molecule has 0 spiro atoms. The predicted octanol–water partition coefficient (Wildman–Crippen LogP) is 4.15. The zero-order chi connectivity index (χ0) is 30.9. The van der Waals surface area contributed by atoms with E-state index in [1.807, 2.05) is 42.5 Å². The highest BCUT2D eigenvalue weighted by Gasteiger charge is 2.53. The van der Waals surface area contributed by atoms with Crippen molar-refractivity contribution in [3.8, 4) is 0 Å². The number of hydrogen-bond donors (Lipinski definition) is 1. The molecule has 0 amide bonds. The minimum atomic E-state index is -2.91. The molecule has 4 rings (SSSR count). The fourth-order valence-corrected chi connectivity index (χ4v) is 10.6. The zero-order valence-electron chi connectivity index (χ0n) is 25.7. The summed E-state index contributed by atoms with van der Waals surface area (Å²) in [5.74, 6) is -0.935. The Bertz CT molecular complexity index is 1210. The highest BCUT2D eigenvalue weighted by molar-refractivity contribution is 6.99. The van der Waals surface area contributed by atoms with E-state index in [4.69, 9.17) is 28.1 Å². The summed E-state index contributed by atoms with van der Waals surface area (Å²) < 4.78 is 35.5. The number of carbonyl (C=O) groups excluding carboxylic acids is 1. The van der Waals surface area contributed by atoms with E-state index in [1.165, 1.54) is 14.2 Å². The summed E-state index contributed by atoms with van der Waals surface area (Å²) in [5, 5.41) is 13.7. The van der Waals surface area contributed by atoms with Gasteiger partial charge in [-0.25, -0.2) is 4.79 Å². The van der Waals surface area contributed by atoms with Crippen LogP contribution in [0.1, 0.15) is 37.6 Å². The van der Waals surface area contributed by atoms with E-state index in [9.17, 15) is 9.90 Å². The summed E-state index contributed by atoms with van der Waals surface area (Å²) in [6.45, 7) is 6.81. The van der Waals surface area contributed by atoms with Gasteiger partial charge in [-0.3, -0.25) is 0 Å². The first kappa shape index (κ1) is 33.0. The molecule has 0 radical (unpaired) electrons. The molecular weight excluding hydrogens is 564 g/mol. The number of rotatable bonds is 13. The normalized spacial score (nSPS) is 22.7. The SMILES string of the molecule is COCO[C@H]1[C@H](O)[C@@H](OC(=O)c2ccccc2)[C@@H](CO[Si](c2ccccc2)(c2ccccc2)C(C)(C)C)C[C@H]1OCOC. The van der Waals surface area contributed by atoms with Crippen molar-refractivity contribution in [2.45, 2.75) is 56.6 Å². The molecule has 1 N–H and O–H groups in total. The zero-order valence-corrected chi connectivity index (χ0v) is 26.7. The van der Waals surface area contributed by atoms with Crippen molar-refractivity contribution in [1.29, 1.82) is 0 Å². The van der Waals surface area contributed by atoms with Crippen LogP contribution in [0.4, 0.5) is 0 Å². The summed E-state index contributed by atoms with van der Waals surface area (Å²) in [6.07, 6.45) is -3.08. The average Bonchev–Trinajstić information content (AvgIpc) is 3.02. The molecule has 0 heterocycles. The second kappa shape index (κ2) is 15.2. The first-order valence-corrected chi connectivity index (χ1v) is 16.5. The highest BCUT2D eigenvalue weighted by atomic mass is 28.4. The quantitative estimate of drug-likeness (QED) is 0.176. The Morgan fingerprint density at radius 1 is 0.791 bits per heavy atom. The first-order valence-electron chi connectivity index (χ1n) is 14.6. The molecule has 0 unspecified atom stereocenters. The van der Waals surface area contributed by atoms with Crippen LogP contribution in [0.2, 0.25) is 5.04 Å². The lowest BCUT2D eigenvalue weighted by atomic mass is 9.80. The molecule has 0 bridgehead atoms. The molecule has 1 saturated carbocycles. The molecule has 1 aliphatic rings. The van der Waals surface area contributed by atoms with Crippen LogP contribution in [0.3, 0.4) is 0 Å². The van der Waals surface area contributed by atoms with E-state index in [0.717, 1.165) is 10.4 Å². The molecule has 3 aromatic carbocycles. The Morgan fingerprint density at radius 3 is 1.81 bits per heavy atom. The van der Waals surface area contributed by atoms with E-state index >= 15 is 0 Å². The fourth-order valence-electron chi connectivity index (χ4n) is 6.01. The summed E-state index contributed by atoms with van der Waals surface area (Å²) in [4.78, 5) is 13.3. The monoisotopic (exact) mass is 608 g/mol. The topological polar surface area (TPSA) is 92.7 Å².